The maximum Gasteiger partial charge on any atom is 0.407 e. The van der Waals surface area contributed by atoms with Gasteiger partial charge in [-0.3, -0.25) is 9.59 Å². The van der Waals surface area contributed by atoms with Crippen molar-refractivity contribution in [2.75, 3.05) is 6.61 Å². The second kappa shape index (κ2) is 12.3. The number of fused-ring (bicyclic) bond motifs is 3. The van der Waals surface area contributed by atoms with E-state index in [0.717, 1.165) is 33.4 Å². The minimum atomic E-state index is -1.17. The first kappa shape index (κ1) is 29.8. The number of carboxylic acid groups (broad SMARTS) is 1. The van der Waals surface area contributed by atoms with Crippen molar-refractivity contribution in [3.8, 4) is 11.1 Å². The number of aliphatic carboxylic acids is 1. The van der Waals surface area contributed by atoms with Crippen LogP contribution in [-0.2, 0) is 32.1 Å². The number of ether oxygens (including phenoxy) is 1. The Bertz CT molecular complexity index is 1540. The highest BCUT2D eigenvalue weighted by molar-refractivity contribution is 6.22. The first-order valence-electron chi connectivity index (χ1n) is 14.5. The number of alkyl carbamates (subject to hydrolysis) is 1. The van der Waals surface area contributed by atoms with E-state index >= 15 is 0 Å². The van der Waals surface area contributed by atoms with Crippen molar-refractivity contribution in [3.05, 3.63) is 106 Å². The van der Waals surface area contributed by atoms with Crippen molar-refractivity contribution in [2.24, 2.45) is 5.41 Å². The molecule has 2 aliphatic rings. The Kier molecular flexibility index (Phi) is 8.48. The molecule has 3 aromatic carbocycles. The van der Waals surface area contributed by atoms with Gasteiger partial charge in [-0.05, 0) is 45.7 Å². The summed E-state index contributed by atoms with van der Waals surface area (Å²) in [4.78, 5) is 49.8. The number of carbonyl (C=O) groups is 4. The van der Waals surface area contributed by atoms with E-state index in [4.69, 9.17) is 4.74 Å². The lowest BCUT2D eigenvalue weighted by molar-refractivity contribution is -0.139. The molecule has 0 spiro atoms. The lowest BCUT2D eigenvalue weighted by atomic mass is 9.73. The van der Waals surface area contributed by atoms with E-state index in [1.54, 1.807) is 19.1 Å². The van der Waals surface area contributed by atoms with E-state index in [1.807, 2.05) is 74.5 Å². The molecule has 1 amide bonds. The third-order valence-electron chi connectivity index (χ3n) is 8.17. The molecule has 0 aromatic heterocycles. The highest BCUT2D eigenvalue weighted by Crippen LogP contribution is 2.44. The zero-order valence-corrected chi connectivity index (χ0v) is 24.6. The van der Waals surface area contributed by atoms with Crippen molar-refractivity contribution in [1.29, 1.82) is 0 Å². The highest BCUT2D eigenvalue weighted by atomic mass is 16.5. The van der Waals surface area contributed by atoms with E-state index in [-0.39, 0.29) is 41.5 Å². The van der Waals surface area contributed by atoms with Crippen LogP contribution in [0.15, 0.2) is 84.1 Å². The summed E-state index contributed by atoms with van der Waals surface area (Å²) >= 11 is 0. The maximum absolute atomic E-state index is 12.7. The van der Waals surface area contributed by atoms with Crippen LogP contribution in [0.3, 0.4) is 0 Å². The third-order valence-corrected chi connectivity index (χ3v) is 8.17. The molecule has 0 radical (unpaired) electrons. The van der Waals surface area contributed by atoms with Gasteiger partial charge in [-0.25, -0.2) is 9.59 Å². The highest BCUT2D eigenvalue weighted by Gasteiger charge is 2.36. The van der Waals surface area contributed by atoms with E-state index in [0.29, 0.717) is 25.1 Å². The second-order valence-corrected chi connectivity index (χ2v) is 12.1. The Labute approximate surface area is 251 Å². The van der Waals surface area contributed by atoms with Gasteiger partial charge in [0.05, 0.1) is 5.57 Å². The van der Waals surface area contributed by atoms with Crippen molar-refractivity contribution < 1.29 is 29.0 Å². The average Bonchev–Trinajstić information content (AvgIpc) is 3.28. The van der Waals surface area contributed by atoms with Crippen molar-refractivity contribution in [1.82, 2.24) is 10.6 Å². The smallest absolute Gasteiger partial charge is 0.407 e. The fourth-order valence-electron chi connectivity index (χ4n) is 6.02. The summed E-state index contributed by atoms with van der Waals surface area (Å²) in [5.41, 5.74) is 6.50. The quantitative estimate of drug-likeness (QED) is 0.224. The molecule has 0 heterocycles. The van der Waals surface area contributed by atoms with Gasteiger partial charge < -0.3 is 20.5 Å². The van der Waals surface area contributed by atoms with Gasteiger partial charge in [0, 0.05) is 37.4 Å². The minimum Gasteiger partial charge on any atom is -0.480 e. The standard InChI is InChI=1S/C35H36N2O6/c1-21(32-30(38)17-35(2,3)18-31(32)39)36-19-23-14-12-22(13-15-23)16-29(33(40)41)37-34(42)43-20-28-26-10-6-4-8-24(26)25-9-5-7-11-27(25)28/h4-15,28-29,36H,16-20H2,1-3H3,(H,37,42)(H,40,41)/t29-/m0/s1. The number of hydrogen-bond acceptors (Lipinski definition) is 6. The Balaban J connectivity index is 1.16. The predicted octanol–water partition coefficient (Wildman–Crippen LogP) is 5.54. The van der Waals surface area contributed by atoms with Crippen LogP contribution in [0.1, 0.15) is 61.8 Å². The van der Waals surface area contributed by atoms with Crippen LogP contribution < -0.4 is 10.6 Å². The summed E-state index contributed by atoms with van der Waals surface area (Å²) in [7, 11) is 0. The van der Waals surface area contributed by atoms with Crippen LogP contribution in [0.25, 0.3) is 11.1 Å². The lowest BCUT2D eigenvalue weighted by Crippen LogP contribution is -2.42. The van der Waals surface area contributed by atoms with Gasteiger partial charge in [0.15, 0.2) is 11.6 Å². The van der Waals surface area contributed by atoms with Gasteiger partial charge in [0.2, 0.25) is 0 Å². The molecule has 8 heteroatoms. The van der Waals surface area contributed by atoms with Gasteiger partial charge >= 0.3 is 12.1 Å². The molecular formula is C35H36N2O6. The van der Waals surface area contributed by atoms with Crippen LogP contribution in [0.5, 0.6) is 0 Å². The lowest BCUT2D eigenvalue weighted by Gasteiger charge is -2.29. The molecule has 3 N–H and O–H groups in total. The Morgan fingerprint density at radius 3 is 1.98 bits per heavy atom. The Hall–Kier alpha value is -4.72. The summed E-state index contributed by atoms with van der Waals surface area (Å²) < 4.78 is 5.53. The predicted molar refractivity (Wildman–Crippen MR) is 162 cm³/mol. The summed E-state index contributed by atoms with van der Waals surface area (Å²) in [5, 5.41) is 15.5. The summed E-state index contributed by atoms with van der Waals surface area (Å²) in [5.74, 6) is -1.55. The number of hydrogen-bond donors (Lipinski definition) is 3. The summed E-state index contributed by atoms with van der Waals surface area (Å²) in [6, 6.07) is 22.1. The molecule has 2 aliphatic carbocycles. The molecule has 0 aliphatic heterocycles. The van der Waals surface area contributed by atoms with Gasteiger partial charge in [0.25, 0.3) is 0 Å². The number of amides is 1. The first-order chi connectivity index (χ1) is 20.5. The van der Waals surface area contributed by atoms with E-state index in [2.05, 4.69) is 10.6 Å². The van der Waals surface area contributed by atoms with Gasteiger partial charge in [-0.15, -0.1) is 0 Å². The van der Waals surface area contributed by atoms with E-state index < -0.39 is 18.1 Å². The van der Waals surface area contributed by atoms with Crippen LogP contribution in [0.4, 0.5) is 4.79 Å². The molecule has 1 atom stereocenters. The van der Waals surface area contributed by atoms with Crippen LogP contribution in [0, 0.1) is 5.41 Å². The minimum absolute atomic E-state index is 0.0785. The molecule has 8 nitrogen and oxygen atoms in total. The van der Waals surface area contributed by atoms with E-state index in [9.17, 15) is 24.3 Å². The zero-order valence-electron chi connectivity index (χ0n) is 24.6. The fraction of sp³-hybridized carbons (Fsp3) is 0.314. The number of nitrogens with one attached hydrogen (secondary N) is 2. The number of benzene rings is 3. The molecular weight excluding hydrogens is 544 g/mol. The molecule has 43 heavy (non-hydrogen) atoms. The van der Waals surface area contributed by atoms with Crippen molar-refractivity contribution >= 4 is 23.6 Å². The van der Waals surface area contributed by atoms with Crippen molar-refractivity contribution in [3.63, 3.8) is 0 Å². The topological polar surface area (TPSA) is 122 Å². The molecule has 1 fully saturated rings. The second-order valence-electron chi connectivity index (χ2n) is 12.1. The monoisotopic (exact) mass is 580 g/mol. The van der Waals surface area contributed by atoms with Gasteiger partial charge in [-0.1, -0.05) is 86.6 Å². The number of carboxylic acids is 1. The molecule has 1 saturated carbocycles. The van der Waals surface area contributed by atoms with Gasteiger partial charge in [0.1, 0.15) is 12.6 Å². The van der Waals surface area contributed by atoms with E-state index in [1.165, 1.54) is 0 Å². The molecule has 222 valence electrons. The fourth-order valence-corrected chi connectivity index (χ4v) is 6.02. The summed E-state index contributed by atoms with van der Waals surface area (Å²) in [6.45, 7) is 6.08. The number of allylic oxidation sites excluding steroid dienone is 2. The molecule has 3 aromatic rings. The number of carbonyl (C=O) groups excluding carboxylic acids is 3. The Morgan fingerprint density at radius 1 is 0.884 bits per heavy atom. The van der Waals surface area contributed by atoms with Crippen LogP contribution in [-0.4, -0.2) is 41.4 Å². The van der Waals surface area contributed by atoms with Gasteiger partial charge in [-0.2, -0.15) is 0 Å². The maximum atomic E-state index is 12.7. The number of ketones is 2. The molecule has 0 bridgehead atoms. The summed E-state index contributed by atoms with van der Waals surface area (Å²) in [6.07, 6.45) is -0.0173. The van der Waals surface area contributed by atoms with Crippen LogP contribution >= 0.6 is 0 Å². The normalized spacial score (nSPS) is 16.2. The molecule has 0 saturated heterocycles. The van der Waals surface area contributed by atoms with Crippen molar-refractivity contribution in [2.45, 2.75) is 58.5 Å². The average molecular weight is 581 g/mol. The molecule has 5 rings (SSSR count). The zero-order chi connectivity index (χ0) is 30.7. The third kappa shape index (κ3) is 6.69. The SMILES string of the molecule is CC(NCc1ccc(C[C@H](NC(=O)OCC2c3ccccc3-c3ccccc32)C(=O)O)cc1)=C1C(=O)CC(C)(C)CC1=O. The Morgan fingerprint density at radius 2 is 1.42 bits per heavy atom. The number of rotatable bonds is 9. The largest absolute Gasteiger partial charge is 0.480 e. The first-order valence-corrected chi connectivity index (χ1v) is 14.5. The number of Topliss-reactive ketones (excluding diaryl/α,β-unsaturated/α-hetero) is 2. The van der Waals surface area contributed by atoms with Crippen LogP contribution in [0.2, 0.25) is 0 Å². The molecule has 0 unspecified atom stereocenters.